The van der Waals surface area contributed by atoms with Crippen LogP contribution in [0.15, 0.2) is 81.0 Å². The summed E-state index contributed by atoms with van der Waals surface area (Å²) in [6.45, 7) is 1.38. The van der Waals surface area contributed by atoms with E-state index in [9.17, 15) is 19.7 Å². The summed E-state index contributed by atoms with van der Waals surface area (Å²) in [4.78, 5) is 41.2. The fourth-order valence-corrected chi connectivity index (χ4v) is 4.17. The number of hydrogen-bond donors (Lipinski definition) is 0. The van der Waals surface area contributed by atoms with Crippen LogP contribution in [-0.4, -0.2) is 40.0 Å². The van der Waals surface area contributed by atoms with Crippen LogP contribution in [0.25, 0.3) is 33.5 Å². The summed E-state index contributed by atoms with van der Waals surface area (Å²) in [5, 5.41) is 17.2. The van der Waals surface area contributed by atoms with Crippen molar-refractivity contribution >= 4 is 51.3 Å². The lowest BCUT2D eigenvalue weighted by Crippen LogP contribution is -2.26. The monoisotopic (exact) mass is 546 g/mol. The Kier molecular flexibility index (Phi) is 6.82. The zero-order chi connectivity index (χ0) is 27.7. The summed E-state index contributed by atoms with van der Waals surface area (Å²) in [6, 6.07) is 18.2. The predicted molar refractivity (Wildman–Crippen MR) is 144 cm³/mol. The molecule has 12 heteroatoms. The van der Waals surface area contributed by atoms with E-state index in [0.29, 0.717) is 16.5 Å². The molecule has 39 heavy (non-hydrogen) atoms. The second-order valence-electron chi connectivity index (χ2n) is 8.35. The van der Waals surface area contributed by atoms with Crippen LogP contribution in [0.3, 0.4) is 0 Å². The molecule has 0 saturated carbocycles. The molecule has 0 saturated heterocycles. The third-order valence-corrected chi connectivity index (χ3v) is 6.02. The van der Waals surface area contributed by atoms with Gasteiger partial charge in [-0.25, -0.2) is 9.78 Å². The molecule has 0 radical (unpaired) electrons. The first kappa shape index (κ1) is 25.6. The molecule has 196 valence electrons. The number of esters is 1. The van der Waals surface area contributed by atoms with E-state index in [1.54, 1.807) is 36.4 Å². The molecule has 0 fully saturated rings. The molecule has 2 heterocycles. The van der Waals surface area contributed by atoms with Gasteiger partial charge in [-0.15, -0.1) is 0 Å². The highest BCUT2D eigenvalue weighted by Gasteiger charge is 2.26. The zero-order valence-electron chi connectivity index (χ0n) is 20.5. The molecule has 1 atom stereocenters. The van der Waals surface area contributed by atoms with Gasteiger partial charge in [0.1, 0.15) is 5.58 Å². The van der Waals surface area contributed by atoms with Crippen LogP contribution in [0.2, 0.25) is 5.02 Å². The number of benzene rings is 3. The van der Waals surface area contributed by atoms with E-state index < -0.39 is 28.2 Å². The lowest BCUT2D eigenvalue weighted by Gasteiger charge is -2.15. The number of fused-ring (bicyclic) bond motifs is 2. The maximum Gasteiger partial charge on any atom is 0.346 e. The topological polar surface area (TPSA) is 139 Å². The summed E-state index contributed by atoms with van der Waals surface area (Å²) < 4.78 is 17.2. The van der Waals surface area contributed by atoms with E-state index in [0.717, 1.165) is 16.1 Å². The number of carbonyl (C=O) groups excluding carboxylic acids is 1. The minimum absolute atomic E-state index is 0.0164. The van der Waals surface area contributed by atoms with Crippen molar-refractivity contribution in [1.29, 1.82) is 0 Å². The molecule has 0 spiro atoms. The molecule has 0 aliphatic carbocycles. The van der Waals surface area contributed by atoms with Crippen molar-refractivity contribution in [1.82, 2.24) is 9.66 Å². The van der Waals surface area contributed by atoms with Crippen molar-refractivity contribution in [2.24, 2.45) is 5.10 Å². The second-order valence-corrected chi connectivity index (χ2v) is 8.78. The minimum Gasteiger partial charge on any atom is -0.471 e. The van der Waals surface area contributed by atoms with Crippen molar-refractivity contribution in [2.75, 3.05) is 7.11 Å². The number of nitro benzene ring substituents is 1. The van der Waals surface area contributed by atoms with Crippen LogP contribution >= 0.6 is 11.6 Å². The van der Waals surface area contributed by atoms with Gasteiger partial charge in [-0.3, -0.25) is 14.9 Å². The number of methoxy groups -OCH3 is 1. The van der Waals surface area contributed by atoms with Crippen LogP contribution in [0, 0.1) is 10.1 Å². The lowest BCUT2D eigenvalue weighted by atomic mass is 10.2. The summed E-state index contributed by atoms with van der Waals surface area (Å²) in [5.41, 5.74) is 0.0538. The summed E-state index contributed by atoms with van der Waals surface area (Å²) >= 11 is 6.15. The average molecular weight is 547 g/mol. The fourth-order valence-electron chi connectivity index (χ4n) is 3.95. The molecule has 0 bridgehead atoms. The van der Waals surface area contributed by atoms with Crippen LogP contribution in [0.5, 0.6) is 5.75 Å². The molecule has 5 rings (SSSR count). The SMILES string of the molecule is COC(=O)[C@H](C)Oc1c(C=Nn2c(-c3cc4ccccc4o3)nc3ccccc3c2=O)cc(Cl)cc1[N+](=O)[O-]. The van der Waals surface area contributed by atoms with Gasteiger partial charge in [0.2, 0.25) is 11.6 Å². The molecular weight excluding hydrogens is 528 g/mol. The Hall–Kier alpha value is -5.03. The Morgan fingerprint density at radius 1 is 1.18 bits per heavy atom. The highest BCUT2D eigenvalue weighted by molar-refractivity contribution is 6.31. The number of furan rings is 1. The summed E-state index contributed by atoms with van der Waals surface area (Å²) in [6.07, 6.45) is -0.0134. The molecule has 0 aliphatic heterocycles. The number of hydrogen-bond acceptors (Lipinski definition) is 9. The van der Waals surface area contributed by atoms with Crippen LogP contribution in [0.1, 0.15) is 12.5 Å². The highest BCUT2D eigenvalue weighted by atomic mass is 35.5. The average Bonchev–Trinajstić information content (AvgIpc) is 3.37. The Labute approximate surface area is 225 Å². The molecule has 5 aromatic rings. The summed E-state index contributed by atoms with van der Waals surface area (Å²) in [5.74, 6) is -0.639. The van der Waals surface area contributed by atoms with Gasteiger partial charge < -0.3 is 13.9 Å². The van der Waals surface area contributed by atoms with Gasteiger partial charge in [0.05, 0.1) is 29.2 Å². The fraction of sp³-hybridized carbons (Fsp3) is 0.111. The van der Waals surface area contributed by atoms with Crippen LogP contribution in [-0.2, 0) is 9.53 Å². The smallest absolute Gasteiger partial charge is 0.346 e. The number of carbonyl (C=O) groups is 1. The number of halogens is 1. The molecule has 3 aromatic carbocycles. The molecule has 0 amide bonds. The largest absolute Gasteiger partial charge is 0.471 e. The normalized spacial score (nSPS) is 12.2. The third-order valence-electron chi connectivity index (χ3n) is 5.80. The number of ether oxygens (including phenoxy) is 2. The number of para-hydroxylation sites is 2. The van der Waals surface area contributed by atoms with Crippen LogP contribution < -0.4 is 10.3 Å². The first-order valence-corrected chi connectivity index (χ1v) is 11.9. The highest BCUT2D eigenvalue weighted by Crippen LogP contribution is 2.35. The second kappa shape index (κ2) is 10.4. The standard InChI is InChI=1S/C27H19ClN4O7/c1-15(27(34)37-2)38-24-17(11-18(28)13-21(24)32(35)36)14-29-31-25(23-12-16-7-3-6-10-22(16)39-23)30-20-9-5-4-8-19(20)26(31)33/h3-15H,1-2H3/t15-/m0/s1. The van der Waals surface area contributed by atoms with Crippen molar-refractivity contribution in [3.8, 4) is 17.3 Å². The van der Waals surface area contributed by atoms with Gasteiger partial charge in [-0.05, 0) is 37.3 Å². The van der Waals surface area contributed by atoms with E-state index in [1.807, 2.05) is 18.2 Å². The zero-order valence-corrected chi connectivity index (χ0v) is 21.3. The molecule has 11 nitrogen and oxygen atoms in total. The van der Waals surface area contributed by atoms with Gasteiger partial charge in [0, 0.05) is 22.0 Å². The van der Waals surface area contributed by atoms with E-state index >= 15 is 0 Å². The molecule has 0 N–H and O–H groups in total. The first-order valence-electron chi connectivity index (χ1n) is 11.5. The number of nitro groups is 1. The van der Waals surface area contributed by atoms with Gasteiger partial charge in [-0.1, -0.05) is 41.9 Å². The third kappa shape index (κ3) is 4.94. The Balaban J connectivity index is 1.71. The molecular formula is C27H19ClN4O7. The van der Waals surface area contributed by atoms with Crippen molar-refractivity contribution in [2.45, 2.75) is 13.0 Å². The Bertz CT molecular complexity index is 1810. The van der Waals surface area contributed by atoms with Gasteiger partial charge in [-0.2, -0.15) is 9.78 Å². The van der Waals surface area contributed by atoms with Gasteiger partial charge in [0.15, 0.2) is 11.9 Å². The van der Waals surface area contributed by atoms with E-state index in [-0.39, 0.29) is 27.9 Å². The quantitative estimate of drug-likeness (QED) is 0.117. The van der Waals surface area contributed by atoms with Crippen LogP contribution in [0.4, 0.5) is 5.69 Å². The Morgan fingerprint density at radius 2 is 1.92 bits per heavy atom. The minimum atomic E-state index is -1.18. The molecule has 2 aromatic heterocycles. The van der Waals surface area contributed by atoms with Crippen molar-refractivity contribution in [3.05, 3.63) is 97.8 Å². The predicted octanol–water partition coefficient (Wildman–Crippen LogP) is 5.19. The molecule has 0 aliphatic rings. The van der Waals surface area contributed by atoms with E-state index in [2.05, 4.69) is 14.8 Å². The number of rotatable bonds is 7. The maximum absolute atomic E-state index is 13.5. The van der Waals surface area contributed by atoms with Crippen molar-refractivity contribution < 1.29 is 23.6 Å². The number of nitrogens with zero attached hydrogens (tertiary/aromatic N) is 4. The number of aromatic nitrogens is 2. The molecule has 0 unspecified atom stereocenters. The van der Waals surface area contributed by atoms with E-state index in [1.165, 1.54) is 26.3 Å². The van der Waals surface area contributed by atoms with E-state index in [4.69, 9.17) is 20.8 Å². The van der Waals surface area contributed by atoms with Crippen molar-refractivity contribution in [3.63, 3.8) is 0 Å². The maximum atomic E-state index is 13.5. The Morgan fingerprint density at radius 3 is 2.67 bits per heavy atom. The summed E-state index contributed by atoms with van der Waals surface area (Å²) in [7, 11) is 1.17. The first-order chi connectivity index (χ1) is 18.8. The van der Waals surface area contributed by atoms with Gasteiger partial charge >= 0.3 is 11.7 Å². The lowest BCUT2D eigenvalue weighted by molar-refractivity contribution is -0.386. The van der Waals surface area contributed by atoms with Gasteiger partial charge in [0.25, 0.3) is 5.56 Å².